The quantitative estimate of drug-likeness (QED) is 0.884. The largest absolute Gasteiger partial charge is 0.497 e. The molecule has 0 radical (unpaired) electrons. The summed E-state index contributed by atoms with van der Waals surface area (Å²) >= 11 is 0. The number of benzene rings is 1. The molecule has 118 valence electrons. The Kier molecular flexibility index (Phi) is 4.87. The number of aromatic nitrogens is 1. The van der Waals surface area contributed by atoms with Gasteiger partial charge in [0.2, 0.25) is 0 Å². The third-order valence-corrected chi connectivity index (χ3v) is 4.44. The predicted octanol–water partition coefficient (Wildman–Crippen LogP) is 2.46. The Bertz CT molecular complexity index is 760. The SMILES string of the molecule is CCc1cccc(NS(=O)(=O)c2cc(OC)ccc2OC)n1. The summed E-state index contributed by atoms with van der Waals surface area (Å²) in [4.78, 5) is 4.24. The molecule has 2 aromatic rings. The number of nitrogens with zero attached hydrogens (tertiary/aromatic N) is 1. The maximum Gasteiger partial charge on any atom is 0.266 e. The van der Waals surface area contributed by atoms with Crippen LogP contribution in [0, 0.1) is 0 Å². The van der Waals surface area contributed by atoms with Crippen LogP contribution in [-0.2, 0) is 16.4 Å². The maximum absolute atomic E-state index is 12.6. The fourth-order valence-corrected chi connectivity index (χ4v) is 3.11. The zero-order valence-corrected chi connectivity index (χ0v) is 13.5. The number of ether oxygens (including phenoxy) is 2. The monoisotopic (exact) mass is 322 g/mol. The van der Waals surface area contributed by atoms with Gasteiger partial charge >= 0.3 is 0 Å². The molecule has 1 N–H and O–H groups in total. The van der Waals surface area contributed by atoms with Gasteiger partial charge in [0.15, 0.2) is 0 Å². The normalized spacial score (nSPS) is 11.0. The highest BCUT2D eigenvalue weighted by Gasteiger charge is 2.21. The summed E-state index contributed by atoms with van der Waals surface area (Å²) in [6, 6.07) is 9.78. The summed E-state index contributed by atoms with van der Waals surface area (Å²) in [5.41, 5.74) is 0.804. The number of hydrogen-bond donors (Lipinski definition) is 1. The summed E-state index contributed by atoms with van der Waals surface area (Å²) in [7, 11) is -0.948. The van der Waals surface area contributed by atoms with E-state index in [-0.39, 0.29) is 16.5 Å². The number of rotatable bonds is 6. The number of anilines is 1. The predicted molar refractivity (Wildman–Crippen MR) is 84.0 cm³/mol. The first-order chi connectivity index (χ1) is 10.5. The molecule has 6 nitrogen and oxygen atoms in total. The zero-order valence-electron chi connectivity index (χ0n) is 12.7. The Hall–Kier alpha value is -2.28. The lowest BCUT2D eigenvalue weighted by Crippen LogP contribution is -2.15. The second-order valence-electron chi connectivity index (χ2n) is 4.49. The molecule has 0 aliphatic rings. The van der Waals surface area contributed by atoms with E-state index in [2.05, 4.69) is 9.71 Å². The van der Waals surface area contributed by atoms with Crippen molar-refractivity contribution in [1.82, 2.24) is 4.98 Å². The smallest absolute Gasteiger partial charge is 0.266 e. The summed E-state index contributed by atoms with van der Waals surface area (Å²) < 4.78 is 37.8. The molecule has 0 spiro atoms. The zero-order chi connectivity index (χ0) is 16.2. The molecule has 2 rings (SSSR count). The average Bonchev–Trinajstić information content (AvgIpc) is 2.54. The third kappa shape index (κ3) is 3.48. The number of methoxy groups -OCH3 is 2. The van der Waals surface area contributed by atoms with Crippen molar-refractivity contribution in [2.45, 2.75) is 18.2 Å². The van der Waals surface area contributed by atoms with Gasteiger partial charge in [0.1, 0.15) is 22.2 Å². The van der Waals surface area contributed by atoms with Crippen LogP contribution in [0.25, 0.3) is 0 Å². The molecule has 0 bridgehead atoms. The molecule has 0 aliphatic carbocycles. The molecule has 0 fully saturated rings. The highest BCUT2D eigenvalue weighted by molar-refractivity contribution is 7.92. The summed E-state index contributed by atoms with van der Waals surface area (Å²) in [5, 5.41) is 0. The highest BCUT2D eigenvalue weighted by atomic mass is 32.2. The molecule has 1 aromatic carbocycles. The molecular weight excluding hydrogens is 304 g/mol. The van der Waals surface area contributed by atoms with Crippen LogP contribution in [0.15, 0.2) is 41.3 Å². The van der Waals surface area contributed by atoms with E-state index in [9.17, 15) is 8.42 Å². The van der Waals surface area contributed by atoms with Crippen LogP contribution < -0.4 is 14.2 Å². The molecule has 0 unspecified atom stereocenters. The van der Waals surface area contributed by atoms with Crippen molar-refractivity contribution >= 4 is 15.8 Å². The van der Waals surface area contributed by atoms with Crippen LogP contribution in [-0.4, -0.2) is 27.6 Å². The molecule has 1 aromatic heterocycles. The summed E-state index contributed by atoms with van der Waals surface area (Å²) in [6.07, 6.45) is 0.720. The lowest BCUT2D eigenvalue weighted by atomic mass is 10.3. The lowest BCUT2D eigenvalue weighted by Gasteiger charge is -2.12. The van der Waals surface area contributed by atoms with Gasteiger partial charge in [-0.25, -0.2) is 13.4 Å². The second kappa shape index (κ2) is 6.65. The molecule has 1 heterocycles. The van der Waals surface area contributed by atoms with Crippen LogP contribution in [0.1, 0.15) is 12.6 Å². The van der Waals surface area contributed by atoms with Crippen LogP contribution >= 0.6 is 0 Å². The molecule has 0 saturated heterocycles. The molecule has 0 aliphatic heterocycles. The van der Waals surface area contributed by atoms with Gasteiger partial charge in [-0.3, -0.25) is 4.72 Å². The minimum Gasteiger partial charge on any atom is -0.497 e. The fourth-order valence-electron chi connectivity index (χ4n) is 1.92. The molecular formula is C15H18N2O4S. The van der Waals surface area contributed by atoms with Crippen molar-refractivity contribution in [3.63, 3.8) is 0 Å². The number of aryl methyl sites for hydroxylation is 1. The van der Waals surface area contributed by atoms with Gasteiger partial charge in [-0.2, -0.15) is 0 Å². The standard InChI is InChI=1S/C15H18N2O4S/c1-4-11-6-5-7-15(16-11)17-22(18,19)14-10-12(20-2)8-9-13(14)21-3/h5-10H,4H2,1-3H3,(H,16,17). The van der Waals surface area contributed by atoms with Crippen molar-refractivity contribution in [3.05, 3.63) is 42.1 Å². The van der Waals surface area contributed by atoms with E-state index in [1.165, 1.54) is 20.3 Å². The van der Waals surface area contributed by atoms with Crippen molar-refractivity contribution in [3.8, 4) is 11.5 Å². The van der Waals surface area contributed by atoms with Crippen LogP contribution in [0.4, 0.5) is 5.82 Å². The van der Waals surface area contributed by atoms with Crippen molar-refractivity contribution in [2.75, 3.05) is 18.9 Å². The fraction of sp³-hybridized carbons (Fsp3) is 0.267. The van der Waals surface area contributed by atoms with E-state index in [1.807, 2.05) is 13.0 Å². The Labute approximate surface area is 130 Å². The molecule has 0 saturated carbocycles. The first-order valence-electron chi connectivity index (χ1n) is 6.71. The Morgan fingerprint density at radius 1 is 1.14 bits per heavy atom. The highest BCUT2D eigenvalue weighted by Crippen LogP contribution is 2.29. The van der Waals surface area contributed by atoms with Gasteiger partial charge < -0.3 is 9.47 Å². The second-order valence-corrected chi connectivity index (χ2v) is 6.14. The number of sulfonamides is 1. The maximum atomic E-state index is 12.6. The van der Waals surface area contributed by atoms with Crippen LogP contribution in [0.2, 0.25) is 0 Å². The van der Waals surface area contributed by atoms with Gasteiger partial charge in [0.05, 0.1) is 14.2 Å². The van der Waals surface area contributed by atoms with Gasteiger partial charge in [-0.15, -0.1) is 0 Å². The Morgan fingerprint density at radius 2 is 1.91 bits per heavy atom. The minimum atomic E-state index is -3.83. The number of nitrogens with one attached hydrogen (secondary N) is 1. The van der Waals surface area contributed by atoms with Gasteiger partial charge in [0, 0.05) is 11.8 Å². The molecule has 7 heteroatoms. The summed E-state index contributed by atoms with van der Waals surface area (Å²) in [6.45, 7) is 1.95. The Balaban J connectivity index is 2.41. The van der Waals surface area contributed by atoms with E-state index in [1.54, 1.807) is 24.3 Å². The topological polar surface area (TPSA) is 77.5 Å². The van der Waals surface area contributed by atoms with Crippen LogP contribution in [0.5, 0.6) is 11.5 Å². The van der Waals surface area contributed by atoms with E-state index in [0.717, 1.165) is 12.1 Å². The summed E-state index contributed by atoms with van der Waals surface area (Å²) in [5.74, 6) is 0.931. The average molecular weight is 322 g/mol. The Morgan fingerprint density at radius 3 is 2.55 bits per heavy atom. The minimum absolute atomic E-state index is 0.00180. The van der Waals surface area contributed by atoms with E-state index >= 15 is 0 Å². The molecule has 22 heavy (non-hydrogen) atoms. The number of hydrogen-bond acceptors (Lipinski definition) is 5. The molecule has 0 amide bonds. The van der Waals surface area contributed by atoms with E-state index < -0.39 is 10.0 Å². The van der Waals surface area contributed by atoms with Crippen molar-refractivity contribution in [2.24, 2.45) is 0 Å². The lowest BCUT2D eigenvalue weighted by molar-refractivity contribution is 0.392. The van der Waals surface area contributed by atoms with E-state index in [0.29, 0.717) is 5.75 Å². The first kappa shape index (κ1) is 16.1. The van der Waals surface area contributed by atoms with E-state index in [4.69, 9.17) is 9.47 Å². The van der Waals surface area contributed by atoms with Gasteiger partial charge in [-0.1, -0.05) is 13.0 Å². The third-order valence-electron chi connectivity index (χ3n) is 3.07. The molecule has 0 atom stereocenters. The number of pyridine rings is 1. The van der Waals surface area contributed by atoms with Gasteiger partial charge in [0.25, 0.3) is 10.0 Å². The van der Waals surface area contributed by atoms with Crippen LogP contribution in [0.3, 0.4) is 0 Å². The van der Waals surface area contributed by atoms with Gasteiger partial charge in [-0.05, 0) is 30.7 Å². The van der Waals surface area contributed by atoms with Crippen molar-refractivity contribution < 1.29 is 17.9 Å². The first-order valence-corrected chi connectivity index (χ1v) is 8.19. The van der Waals surface area contributed by atoms with Crippen molar-refractivity contribution in [1.29, 1.82) is 0 Å².